The lowest BCUT2D eigenvalue weighted by Crippen LogP contribution is -2.37. The van der Waals surface area contributed by atoms with E-state index in [4.69, 9.17) is 8.83 Å². The summed E-state index contributed by atoms with van der Waals surface area (Å²) in [7, 11) is 0. The SMILES string of the molecule is C[C@H](NC(=O)CNC(=O)c1ccc(Br)o1)c1ccco1. The van der Waals surface area contributed by atoms with Crippen LogP contribution >= 0.6 is 15.9 Å². The molecular formula is C13H13BrN2O4. The first-order valence-corrected chi connectivity index (χ1v) is 6.72. The Kier molecular flexibility index (Phi) is 4.62. The standard InChI is InChI=1S/C13H13BrN2O4/c1-8(9-3-2-6-19-9)16-12(17)7-15-13(18)10-4-5-11(14)20-10/h2-6,8H,7H2,1H3,(H,15,18)(H,16,17)/t8-/m0/s1. The van der Waals surface area contributed by atoms with Crippen molar-refractivity contribution in [3.63, 3.8) is 0 Å². The summed E-state index contributed by atoms with van der Waals surface area (Å²) in [5, 5.41) is 5.17. The Hall–Kier alpha value is -2.02. The lowest BCUT2D eigenvalue weighted by molar-refractivity contribution is -0.120. The average Bonchev–Trinajstić information content (AvgIpc) is 3.06. The first-order chi connectivity index (χ1) is 9.56. The maximum Gasteiger partial charge on any atom is 0.287 e. The van der Waals surface area contributed by atoms with Crippen LogP contribution in [0.1, 0.15) is 29.3 Å². The summed E-state index contributed by atoms with van der Waals surface area (Å²) in [5.74, 6) is 0.0350. The molecule has 7 heteroatoms. The third kappa shape index (κ3) is 3.74. The van der Waals surface area contributed by atoms with Crippen LogP contribution in [-0.4, -0.2) is 18.4 Å². The molecule has 2 aromatic heterocycles. The predicted molar refractivity (Wildman–Crippen MR) is 74.0 cm³/mol. The number of hydrogen-bond donors (Lipinski definition) is 2. The van der Waals surface area contributed by atoms with E-state index in [1.807, 2.05) is 0 Å². The molecule has 2 heterocycles. The quantitative estimate of drug-likeness (QED) is 0.874. The van der Waals surface area contributed by atoms with Gasteiger partial charge in [0.1, 0.15) is 5.76 Å². The topological polar surface area (TPSA) is 84.5 Å². The Morgan fingerprint density at radius 2 is 2.15 bits per heavy atom. The molecule has 0 unspecified atom stereocenters. The third-order valence-electron chi connectivity index (χ3n) is 2.55. The maximum absolute atomic E-state index is 11.7. The van der Waals surface area contributed by atoms with Gasteiger partial charge in [0.15, 0.2) is 10.4 Å². The zero-order valence-electron chi connectivity index (χ0n) is 10.7. The summed E-state index contributed by atoms with van der Waals surface area (Å²) in [6.45, 7) is 1.66. The van der Waals surface area contributed by atoms with Gasteiger partial charge in [0, 0.05) is 0 Å². The molecular weight excluding hydrogens is 328 g/mol. The van der Waals surface area contributed by atoms with Gasteiger partial charge in [-0.2, -0.15) is 0 Å². The van der Waals surface area contributed by atoms with Crippen LogP contribution in [0.3, 0.4) is 0 Å². The lowest BCUT2D eigenvalue weighted by Gasteiger charge is -2.11. The minimum atomic E-state index is -0.448. The number of halogens is 1. The van der Waals surface area contributed by atoms with Crippen LogP contribution in [-0.2, 0) is 4.79 Å². The molecule has 0 aromatic carbocycles. The van der Waals surface area contributed by atoms with Gasteiger partial charge in [0.05, 0.1) is 18.8 Å². The Balaban J connectivity index is 1.79. The van der Waals surface area contributed by atoms with E-state index in [1.54, 1.807) is 25.1 Å². The van der Waals surface area contributed by atoms with Crippen LogP contribution in [0.15, 0.2) is 44.0 Å². The number of rotatable bonds is 5. The second kappa shape index (κ2) is 6.42. The van der Waals surface area contributed by atoms with Gasteiger partial charge >= 0.3 is 0 Å². The predicted octanol–water partition coefficient (Wildman–Crippen LogP) is 2.24. The fraction of sp³-hybridized carbons (Fsp3) is 0.231. The molecule has 2 rings (SSSR count). The second-order valence-electron chi connectivity index (χ2n) is 4.09. The van der Waals surface area contributed by atoms with E-state index in [9.17, 15) is 9.59 Å². The Morgan fingerprint density at radius 1 is 1.35 bits per heavy atom. The minimum Gasteiger partial charge on any atom is -0.467 e. The molecule has 0 aliphatic heterocycles. The number of carbonyl (C=O) groups excluding carboxylic acids is 2. The van der Waals surface area contributed by atoms with E-state index in [0.717, 1.165) is 0 Å². The van der Waals surface area contributed by atoms with Crippen LogP contribution in [0.25, 0.3) is 0 Å². The summed E-state index contributed by atoms with van der Waals surface area (Å²) in [4.78, 5) is 23.3. The summed E-state index contributed by atoms with van der Waals surface area (Å²) < 4.78 is 10.7. The molecule has 0 bridgehead atoms. The van der Waals surface area contributed by atoms with E-state index >= 15 is 0 Å². The van der Waals surface area contributed by atoms with E-state index in [-0.39, 0.29) is 24.3 Å². The molecule has 106 valence electrons. The third-order valence-corrected chi connectivity index (χ3v) is 2.98. The number of carbonyl (C=O) groups is 2. The lowest BCUT2D eigenvalue weighted by atomic mass is 10.2. The Morgan fingerprint density at radius 3 is 2.75 bits per heavy atom. The molecule has 2 amide bonds. The van der Waals surface area contributed by atoms with E-state index in [1.165, 1.54) is 12.3 Å². The normalized spacial score (nSPS) is 11.9. The number of furan rings is 2. The van der Waals surface area contributed by atoms with Gasteiger partial charge in [-0.1, -0.05) is 0 Å². The molecule has 0 spiro atoms. The van der Waals surface area contributed by atoms with Gasteiger partial charge in [-0.3, -0.25) is 9.59 Å². The molecule has 0 saturated heterocycles. The molecule has 2 N–H and O–H groups in total. The van der Waals surface area contributed by atoms with Crippen molar-refractivity contribution in [3.05, 3.63) is 46.7 Å². The molecule has 0 fully saturated rings. The molecule has 6 nitrogen and oxygen atoms in total. The van der Waals surface area contributed by atoms with Crippen LogP contribution in [0.5, 0.6) is 0 Å². The van der Waals surface area contributed by atoms with Crippen molar-refractivity contribution in [1.29, 1.82) is 0 Å². The number of amides is 2. The highest BCUT2D eigenvalue weighted by atomic mass is 79.9. The zero-order chi connectivity index (χ0) is 14.5. The Bertz CT molecular complexity index is 591. The van der Waals surface area contributed by atoms with Gasteiger partial charge in [0.2, 0.25) is 5.91 Å². The van der Waals surface area contributed by atoms with E-state index < -0.39 is 5.91 Å². The fourth-order valence-electron chi connectivity index (χ4n) is 1.59. The zero-order valence-corrected chi connectivity index (χ0v) is 12.3. The van der Waals surface area contributed by atoms with Crippen molar-refractivity contribution in [2.75, 3.05) is 6.54 Å². The maximum atomic E-state index is 11.7. The van der Waals surface area contributed by atoms with Crippen molar-refractivity contribution in [2.24, 2.45) is 0 Å². The monoisotopic (exact) mass is 340 g/mol. The molecule has 20 heavy (non-hydrogen) atoms. The molecule has 0 aliphatic rings. The van der Waals surface area contributed by atoms with Crippen molar-refractivity contribution in [2.45, 2.75) is 13.0 Å². The Labute approximate surface area is 123 Å². The van der Waals surface area contributed by atoms with Crippen LogP contribution in [0, 0.1) is 0 Å². The smallest absolute Gasteiger partial charge is 0.287 e. The van der Waals surface area contributed by atoms with E-state index in [2.05, 4.69) is 26.6 Å². The highest BCUT2D eigenvalue weighted by molar-refractivity contribution is 9.10. The summed E-state index contributed by atoms with van der Waals surface area (Å²) in [6.07, 6.45) is 1.54. The van der Waals surface area contributed by atoms with Crippen molar-refractivity contribution >= 4 is 27.7 Å². The minimum absolute atomic E-state index is 0.137. The number of hydrogen-bond acceptors (Lipinski definition) is 4. The van der Waals surface area contributed by atoms with Gasteiger partial charge < -0.3 is 19.5 Å². The van der Waals surface area contributed by atoms with Gasteiger partial charge in [-0.15, -0.1) is 0 Å². The van der Waals surface area contributed by atoms with E-state index in [0.29, 0.717) is 10.4 Å². The summed E-state index contributed by atoms with van der Waals surface area (Å²) >= 11 is 3.10. The van der Waals surface area contributed by atoms with Crippen LogP contribution in [0.2, 0.25) is 0 Å². The van der Waals surface area contributed by atoms with Crippen molar-refractivity contribution in [1.82, 2.24) is 10.6 Å². The van der Waals surface area contributed by atoms with Crippen LogP contribution < -0.4 is 10.6 Å². The molecule has 2 aromatic rings. The highest BCUT2D eigenvalue weighted by Crippen LogP contribution is 2.14. The first kappa shape index (κ1) is 14.4. The highest BCUT2D eigenvalue weighted by Gasteiger charge is 2.14. The average molecular weight is 341 g/mol. The second-order valence-corrected chi connectivity index (χ2v) is 4.87. The first-order valence-electron chi connectivity index (χ1n) is 5.92. The molecule has 0 aliphatic carbocycles. The molecule has 0 radical (unpaired) electrons. The summed E-state index contributed by atoms with van der Waals surface area (Å²) in [5.41, 5.74) is 0. The summed E-state index contributed by atoms with van der Waals surface area (Å²) in [6, 6.07) is 6.38. The fourth-order valence-corrected chi connectivity index (χ4v) is 1.89. The molecule has 1 atom stereocenters. The number of nitrogens with one attached hydrogen (secondary N) is 2. The van der Waals surface area contributed by atoms with Crippen molar-refractivity contribution in [3.8, 4) is 0 Å². The van der Waals surface area contributed by atoms with Crippen LogP contribution in [0.4, 0.5) is 0 Å². The molecule has 0 saturated carbocycles. The largest absolute Gasteiger partial charge is 0.467 e. The van der Waals surface area contributed by atoms with Crippen molar-refractivity contribution < 1.29 is 18.4 Å². The van der Waals surface area contributed by atoms with Gasteiger partial charge in [0.25, 0.3) is 5.91 Å². The van der Waals surface area contributed by atoms with Gasteiger partial charge in [-0.05, 0) is 47.1 Å². The van der Waals surface area contributed by atoms with Gasteiger partial charge in [-0.25, -0.2) is 0 Å².